The van der Waals surface area contributed by atoms with Gasteiger partial charge in [0.25, 0.3) is 5.91 Å². The molecule has 0 unspecified atom stereocenters. The highest BCUT2D eigenvalue weighted by molar-refractivity contribution is 6.10. The van der Waals surface area contributed by atoms with Crippen molar-refractivity contribution in [3.05, 3.63) is 52.8 Å². The Labute approximate surface area is 155 Å². The van der Waals surface area contributed by atoms with Gasteiger partial charge in [-0.15, -0.1) is 0 Å². The number of ketones is 1. The SMILES string of the molecule is CCOC(=O)c1c(NC(=O)COC(=O)c2ccccc2)oc(C)c1C(C)=O. The van der Waals surface area contributed by atoms with Gasteiger partial charge >= 0.3 is 11.9 Å². The van der Waals surface area contributed by atoms with E-state index in [1.165, 1.54) is 13.8 Å². The Morgan fingerprint density at radius 2 is 1.67 bits per heavy atom. The number of furan rings is 1. The lowest BCUT2D eigenvalue weighted by molar-refractivity contribution is -0.119. The fraction of sp³-hybridized carbons (Fsp3) is 0.263. The van der Waals surface area contributed by atoms with Crippen molar-refractivity contribution in [3.63, 3.8) is 0 Å². The zero-order valence-electron chi connectivity index (χ0n) is 15.2. The van der Waals surface area contributed by atoms with Crippen LogP contribution in [0.1, 0.15) is 50.7 Å². The van der Waals surface area contributed by atoms with Gasteiger partial charge in [-0.05, 0) is 32.9 Å². The van der Waals surface area contributed by atoms with Gasteiger partial charge in [0.05, 0.1) is 17.7 Å². The molecule has 1 aromatic heterocycles. The first-order chi connectivity index (χ1) is 12.8. The first kappa shape index (κ1) is 19.9. The van der Waals surface area contributed by atoms with Gasteiger partial charge in [-0.3, -0.25) is 14.9 Å². The summed E-state index contributed by atoms with van der Waals surface area (Å²) >= 11 is 0. The minimum Gasteiger partial charge on any atom is -0.462 e. The summed E-state index contributed by atoms with van der Waals surface area (Å²) in [5, 5.41) is 2.34. The van der Waals surface area contributed by atoms with E-state index in [0.717, 1.165) is 0 Å². The second-order valence-corrected chi connectivity index (χ2v) is 5.50. The third kappa shape index (κ3) is 4.81. The van der Waals surface area contributed by atoms with E-state index in [0.29, 0.717) is 5.56 Å². The van der Waals surface area contributed by atoms with Crippen molar-refractivity contribution in [1.29, 1.82) is 0 Å². The maximum atomic E-state index is 12.2. The molecule has 1 aromatic carbocycles. The van der Waals surface area contributed by atoms with Gasteiger partial charge in [0.1, 0.15) is 11.3 Å². The molecule has 0 bridgehead atoms. The van der Waals surface area contributed by atoms with Gasteiger partial charge < -0.3 is 13.9 Å². The number of hydrogen-bond acceptors (Lipinski definition) is 7. The van der Waals surface area contributed by atoms with Gasteiger partial charge in [-0.25, -0.2) is 9.59 Å². The van der Waals surface area contributed by atoms with E-state index in [9.17, 15) is 19.2 Å². The van der Waals surface area contributed by atoms with Gasteiger partial charge in [0.15, 0.2) is 12.4 Å². The monoisotopic (exact) mass is 373 g/mol. The largest absolute Gasteiger partial charge is 0.462 e. The van der Waals surface area contributed by atoms with Crippen LogP contribution in [0.4, 0.5) is 5.88 Å². The molecule has 0 aliphatic carbocycles. The molecular weight excluding hydrogens is 354 g/mol. The fourth-order valence-corrected chi connectivity index (χ4v) is 2.41. The van der Waals surface area contributed by atoms with Crippen LogP contribution in [0, 0.1) is 6.92 Å². The Balaban J connectivity index is 2.13. The van der Waals surface area contributed by atoms with Crippen LogP contribution in [0.2, 0.25) is 0 Å². The molecule has 2 aromatic rings. The number of aryl methyl sites for hydroxylation is 1. The summed E-state index contributed by atoms with van der Waals surface area (Å²) in [6.45, 7) is 3.87. The van der Waals surface area contributed by atoms with Crippen molar-refractivity contribution in [2.45, 2.75) is 20.8 Å². The Bertz CT molecular complexity index is 868. The normalized spacial score (nSPS) is 10.2. The molecule has 2 rings (SSSR count). The van der Waals surface area contributed by atoms with Crippen molar-refractivity contribution in [3.8, 4) is 0 Å². The molecule has 0 saturated heterocycles. The highest BCUT2D eigenvalue weighted by atomic mass is 16.5. The minimum atomic E-state index is -0.795. The van der Waals surface area contributed by atoms with Crippen LogP contribution in [-0.2, 0) is 14.3 Å². The van der Waals surface area contributed by atoms with E-state index in [-0.39, 0.29) is 29.4 Å². The van der Waals surface area contributed by atoms with Crippen molar-refractivity contribution in [1.82, 2.24) is 0 Å². The maximum absolute atomic E-state index is 12.2. The highest BCUT2D eigenvalue weighted by Gasteiger charge is 2.28. The van der Waals surface area contributed by atoms with Gasteiger partial charge in [-0.2, -0.15) is 0 Å². The van der Waals surface area contributed by atoms with E-state index in [1.54, 1.807) is 37.3 Å². The van der Waals surface area contributed by atoms with Crippen LogP contribution in [0.15, 0.2) is 34.7 Å². The first-order valence-corrected chi connectivity index (χ1v) is 8.18. The number of ether oxygens (including phenoxy) is 2. The number of nitrogens with one attached hydrogen (secondary N) is 1. The molecule has 1 heterocycles. The molecule has 0 fully saturated rings. The van der Waals surface area contributed by atoms with Crippen molar-refractivity contribution in [2.75, 3.05) is 18.5 Å². The Morgan fingerprint density at radius 1 is 1.00 bits per heavy atom. The van der Waals surface area contributed by atoms with Gasteiger partial charge in [-0.1, -0.05) is 18.2 Å². The quantitative estimate of drug-likeness (QED) is 0.586. The Morgan fingerprint density at radius 3 is 2.26 bits per heavy atom. The number of esters is 2. The zero-order valence-corrected chi connectivity index (χ0v) is 15.2. The first-order valence-electron chi connectivity index (χ1n) is 8.18. The second-order valence-electron chi connectivity index (χ2n) is 5.50. The topological polar surface area (TPSA) is 112 Å². The van der Waals surface area contributed by atoms with Crippen molar-refractivity contribution < 1.29 is 33.1 Å². The summed E-state index contributed by atoms with van der Waals surface area (Å²) < 4.78 is 15.2. The van der Waals surface area contributed by atoms with Crippen molar-refractivity contribution >= 4 is 29.5 Å². The number of carbonyl (C=O) groups excluding carboxylic acids is 4. The van der Waals surface area contributed by atoms with Crippen LogP contribution in [-0.4, -0.2) is 36.8 Å². The summed E-state index contributed by atoms with van der Waals surface area (Å²) in [5.41, 5.74) is 0.167. The molecule has 0 saturated carbocycles. The Kier molecular flexibility index (Phi) is 6.48. The number of anilines is 1. The molecule has 142 valence electrons. The third-order valence-corrected chi connectivity index (χ3v) is 3.51. The van der Waals surface area contributed by atoms with E-state index in [4.69, 9.17) is 13.9 Å². The van der Waals surface area contributed by atoms with Crippen LogP contribution in [0.25, 0.3) is 0 Å². The number of hydrogen-bond donors (Lipinski definition) is 1. The lowest BCUT2D eigenvalue weighted by Gasteiger charge is -2.07. The van der Waals surface area contributed by atoms with Crippen LogP contribution < -0.4 is 5.32 Å². The minimum absolute atomic E-state index is 0.0324. The molecule has 0 aliphatic rings. The van der Waals surface area contributed by atoms with E-state index in [2.05, 4.69) is 5.32 Å². The molecular formula is C19H19NO7. The lowest BCUT2D eigenvalue weighted by Crippen LogP contribution is -2.22. The second kappa shape index (κ2) is 8.79. The molecule has 27 heavy (non-hydrogen) atoms. The third-order valence-electron chi connectivity index (χ3n) is 3.51. The molecule has 0 aliphatic heterocycles. The van der Waals surface area contributed by atoms with E-state index < -0.39 is 30.2 Å². The summed E-state index contributed by atoms with van der Waals surface area (Å²) in [5.74, 6) is -2.66. The predicted molar refractivity (Wildman–Crippen MR) is 94.8 cm³/mol. The molecule has 0 atom stereocenters. The van der Waals surface area contributed by atoms with Crippen molar-refractivity contribution in [2.24, 2.45) is 0 Å². The smallest absolute Gasteiger partial charge is 0.344 e. The number of carbonyl (C=O) groups is 4. The summed E-state index contributed by atoms with van der Waals surface area (Å²) in [6.07, 6.45) is 0. The number of Topliss-reactive ketones (excluding diaryl/α,β-unsaturated/α-hetero) is 1. The van der Waals surface area contributed by atoms with E-state index in [1.807, 2.05) is 0 Å². The van der Waals surface area contributed by atoms with Crippen LogP contribution >= 0.6 is 0 Å². The fourth-order valence-electron chi connectivity index (χ4n) is 2.41. The standard InChI is InChI=1S/C19H19NO7/c1-4-25-19(24)16-15(11(2)21)12(3)27-17(16)20-14(22)10-26-18(23)13-8-6-5-7-9-13/h5-9H,4,10H2,1-3H3,(H,20,22). The number of rotatable bonds is 7. The molecule has 0 spiro atoms. The van der Waals surface area contributed by atoms with Gasteiger partial charge in [0.2, 0.25) is 5.88 Å². The molecule has 8 heteroatoms. The Hall–Kier alpha value is -3.42. The molecule has 1 amide bonds. The lowest BCUT2D eigenvalue weighted by atomic mass is 10.1. The van der Waals surface area contributed by atoms with Crippen LogP contribution in [0.5, 0.6) is 0 Å². The predicted octanol–water partition coefficient (Wildman–Crippen LogP) is 2.76. The number of amides is 1. The summed E-state index contributed by atoms with van der Waals surface area (Å²) in [7, 11) is 0. The average Bonchev–Trinajstić information content (AvgIpc) is 2.96. The molecule has 8 nitrogen and oxygen atoms in total. The summed E-state index contributed by atoms with van der Waals surface area (Å²) in [6, 6.07) is 8.17. The van der Waals surface area contributed by atoms with Crippen LogP contribution in [0.3, 0.4) is 0 Å². The maximum Gasteiger partial charge on any atom is 0.344 e. The molecule has 0 radical (unpaired) electrons. The number of benzene rings is 1. The zero-order chi connectivity index (χ0) is 20.0. The highest BCUT2D eigenvalue weighted by Crippen LogP contribution is 2.28. The molecule has 1 N–H and O–H groups in total. The summed E-state index contributed by atoms with van der Waals surface area (Å²) in [4.78, 5) is 47.9. The van der Waals surface area contributed by atoms with Gasteiger partial charge in [0, 0.05) is 0 Å². The average molecular weight is 373 g/mol. The van der Waals surface area contributed by atoms with E-state index >= 15 is 0 Å².